The molecule has 2 amide bonds. The Hall–Kier alpha value is -4.25. The molecular weight excluding hydrogens is 685 g/mol. The Morgan fingerprint density at radius 3 is 2.12 bits per heavy atom. The van der Waals surface area contributed by atoms with Crippen molar-refractivity contribution in [3.8, 4) is 11.5 Å². The number of amides is 2. The van der Waals surface area contributed by atoms with Crippen LogP contribution in [0.4, 0.5) is 5.69 Å². The van der Waals surface area contributed by atoms with E-state index in [4.69, 9.17) is 32.7 Å². The molecule has 4 aromatic rings. The lowest BCUT2D eigenvalue weighted by Gasteiger charge is -2.35. The predicted molar refractivity (Wildman–Crippen MR) is 190 cm³/mol. The number of halogens is 2. The molecule has 2 aliphatic rings. The zero-order chi connectivity index (χ0) is 34.4. The van der Waals surface area contributed by atoms with Crippen molar-refractivity contribution in [2.75, 3.05) is 24.1 Å². The monoisotopic (exact) mass is 721 g/mol. The number of carbonyl (C=O) groups excluding carboxylic acids is 2. The van der Waals surface area contributed by atoms with Crippen LogP contribution < -0.4 is 19.1 Å². The van der Waals surface area contributed by atoms with Gasteiger partial charge in [0.25, 0.3) is 10.0 Å². The summed E-state index contributed by atoms with van der Waals surface area (Å²) in [6, 6.07) is 26.0. The number of benzene rings is 4. The van der Waals surface area contributed by atoms with E-state index in [1.54, 1.807) is 54.6 Å². The van der Waals surface area contributed by atoms with Crippen molar-refractivity contribution in [3.63, 3.8) is 0 Å². The molecule has 9 nitrogen and oxygen atoms in total. The number of ether oxygens (including phenoxy) is 2. The first-order chi connectivity index (χ1) is 23.7. The average Bonchev–Trinajstić information content (AvgIpc) is 3.63. The molecule has 4 aromatic carbocycles. The van der Waals surface area contributed by atoms with Crippen LogP contribution in [-0.4, -0.2) is 57.0 Å². The van der Waals surface area contributed by atoms with E-state index in [0.717, 1.165) is 35.6 Å². The van der Waals surface area contributed by atoms with Crippen LogP contribution in [0.25, 0.3) is 0 Å². The van der Waals surface area contributed by atoms with E-state index in [1.165, 1.54) is 17.0 Å². The van der Waals surface area contributed by atoms with Gasteiger partial charge in [0.2, 0.25) is 11.8 Å². The van der Waals surface area contributed by atoms with Gasteiger partial charge in [0.15, 0.2) is 11.5 Å². The minimum Gasteiger partial charge on any atom is -0.486 e. The van der Waals surface area contributed by atoms with E-state index < -0.39 is 28.5 Å². The van der Waals surface area contributed by atoms with Gasteiger partial charge in [0, 0.05) is 40.7 Å². The van der Waals surface area contributed by atoms with Gasteiger partial charge in [0.05, 0.1) is 10.6 Å². The van der Waals surface area contributed by atoms with Crippen molar-refractivity contribution in [1.82, 2.24) is 10.2 Å². The maximum Gasteiger partial charge on any atom is 0.264 e. The smallest absolute Gasteiger partial charge is 0.264 e. The highest BCUT2D eigenvalue weighted by molar-refractivity contribution is 7.92. The summed E-state index contributed by atoms with van der Waals surface area (Å²) in [6.07, 6.45) is 3.90. The van der Waals surface area contributed by atoms with Crippen molar-refractivity contribution in [2.24, 2.45) is 0 Å². The van der Waals surface area contributed by atoms with Crippen LogP contribution in [0.15, 0.2) is 102 Å². The van der Waals surface area contributed by atoms with Gasteiger partial charge in [-0.05, 0) is 54.8 Å². The van der Waals surface area contributed by atoms with Crippen LogP contribution in [-0.2, 0) is 32.6 Å². The molecule has 0 aromatic heterocycles. The standard InChI is InChI=1S/C37H37Cl2N3O6S/c38-31-16-9-17-32(39)30(31)24-41(33(22-26-10-3-1-4-11-26)37(44)40-27-12-7-8-13-27)36(43)25-42(49(45,46)29-14-5-2-6-15-29)28-18-19-34-35(23-28)48-21-20-47-34/h1-6,9-11,14-19,23,27,33H,7-8,12-13,20-22,24-25H2,(H,40,44)/t33-/m0/s1. The first kappa shape index (κ1) is 34.6. The first-order valence-corrected chi connectivity index (χ1v) is 18.4. The Labute approximate surface area is 296 Å². The molecule has 1 aliphatic carbocycles. The minimum atomic E-state index is -4.29. The lowest BCUT2D eigenvalue weighted by Crippen LogP contribution is -2.54. The molecule has 1 N–H and O–H groups in total. The van der Waals surface area contributed by atoms with Gasteiger partial charge < -0.3 is 19.7 Å². The summed E-state index contributed by atoms with van der Waals surface area (Å²) in [4.78, 5) is 30.4. The van der Waals surface area contributed by atoms with Crippen molar-refractivity contribution in [2.45, 2.75) is 55.6 Å². The Kier molecular flexibility index (Phi) is 11.0. The molecule has 49 heavy (non-hydrogen) atoms. The number of nitrogens with zero attached hydrogens (tertiary/aromatic N) is 2. The number of nitrogens with one attached hydrogen (secondary N) is 1. The van der Waals surface area contributed by atoms with Gasteiger partial charge in [-0.3, -0.25) is 13.9 Å². The topological polar surface area (TPSA) is 105 Å². The van der Waals surface area contributed by atoms with E-state index in [1.807, 2.05) is 30.3 Å². The Morgan fingerprint density at radius 2 is 1.45 bits per heavy atom. The van der Waals surface area contributed by atoms with Crippen molar-refractivity contribution in [1.29, 1.82) is 0 Å². The van der Waals surface area contributed by atoms with E-state index in [9.17, 15) is 18.0 Å². The fraction of sp³-hybridized carbons (Fsp3) is 0.297. The van der Waals surface area contributed by atoms with Crippen LogP contribution in [0.5, 0.6) is 11.5 Å². The molecular formula is C37H37Cl2N3O6S. The first-order valence-electron chi connectivity index (χ1n) is 16.2. The average molecular weight is 723 g/mol. The number of hydrogen-bond acceptors (Lipinski definition) is 6. The number of hydrogen-bond donors (Lipinski definition) is 1. The van der Waals surface area contributed by atoms with Crippen LogP contribution in [0.2, 0.25) is 10.0 Å². The van der Waals surface area contributed by atoms with Crippen LogP contribution >= 0.6 is 23.2 Å². The molecule has 0 radical (unpaired) electrons. The van der Waals surface area contributed by atoms with Crippen molar-refractivity contribution >= 4 is 50.7 Å². The van der Waals surface area contributed by atoms with Crippen LogP contribution in [0.3, 0.4) is 0 Å². The number of anilines is 1. The molecule has 0 spiro atoms. The number of sulfonamides is 1. The number of fused-ring (bicyclic) bond motifs is 1. The summed E-state index contributed by atoms with van der Waals surface area (Å²) >= 11 is 13.3. The third-order valence-corrected chi connectivity index (χ3v) is 11.3. The maximum atomic E-state index is 14.8. The third kappa shape index (κ3) is 8.15. The summed E-state index contributed by atoms with van der Waals surface area (Å²) in [5, 5.41) is 3.80. The highest BCUT2D eigenvalue weighted by atomic mass is 35.5. The van der Waals surface area contributed by atoms with E-state index in [0.29, 0.717) is 40.3 Å². The minimum absolute atomic E-state index is 0.00167. The second kappa shape index (κ2) is 15.5. The Morgan fingerprint density at radius 1 is 0.816 bits per heavy atom. The van der Waals surface area contributed by atoms with Crippen molar-refractivity contribution < 1.29 is 27.5 Å². The summed E-state index contributed by atoms with van der Waals surface area (Å²) in [5.74, 6) is -0.112. The second-order valence-corrected chi connectivity index (χ2v) is 14.7. The molecule has 256 valence electrons. The quantitative estimate of drug-likeness (QED) is 0.176. The zero-order valence-corrected chi connectivity index (χ0v) is 29.1. The normalized spacial score (nSPS) is 15.0. The largest absolute Gasteiger partial charge is 0.486 e. The molecule has 6 rings (SSSR count). The second-order valence-electron chi connectivity index (χ2n) is 12.1. The Bertz CT molecular complexity index is 1870. The molecule has 1 heterocycles. The van der Waals surface area contributed by atoms with Crippen molar-refractivity contribution in [3.05, 3.63) is 118 Å². The fourth-order valence-corrected chi connectivity index (χ4v) is 8.15. The Balaban J connectivity index is 1.43. The zero-order valence-electron chi connectivity index (χ0n) is 26.8. The molecule has 1 aliphatic heterocycles. The summed E-state index contributed by atoms with van der Waals surface area (Å²) in [6.45, 7) is -0.0964. The molecule has 1 atom stereocenters. The van der Waals surface area contributed by atoms with Gasteiger partial charge in [-0.2, -0.15) is 0 Å². The highest BCUT2D eigenvalue weighted by Crippen LogP contribution is 2.36. The summed E-state index contributed by atoms with van der Waals surface area (Å²) in [7, 11) is -4.29. The number of carbonyl (C=O) groups is 2. The van der Waals surface area contributed by atoms with E-state index in [2.05, 4.69) is 5.32 Å². The van der Waals surface area contributed by atoms with Crippen LogP contribution in [0.1, 0.15) is 36.8 Å². The molecule has 0 saturated heterocycles. The van der Waals surface area contributed by atoms with Crippen LogP contribution in [0, 0.1) is 0 Å². The SMILES string of the molecule is O=C(NC1CCCC1)[C@H](Cc1ccccc1)N(Cc1c(Cl)cccc1Cl)C(=O)CN(c1ccc2c(c1)OCCO2)S(=O)(=O)c1ccccc1. The lowest BCUT2D eigenvalue weighted by atomic mass is 10.0. The molecule has 0 unspecified atom stereocenters. The van der Waals surface area contributed by atoms with Gasteiger partial charge in [-0.15, -0.1) is 0 Å². The van der Waals surface area contributed by atoms with Gasteiger partial charge in [-0.25, -0.2) is 8.42 Å². The molecule has 1 fully saturated rings. The highest BCUT2D eigenvalue weighted by Gasteiger charge is 2.36. The maximum absolute atomic E-state index is 14.8. The number of rotatable bonds is 12. The molecule has 12 heteroatoms. The summed E-state index contributed by atoms with van der Waals surface area (Å²) < 4.78 is 41.1. The van der Waals surface area contributed by atoms with Gasteiger partial charge in [0.1, 0.15) is 25.8 Å². The molecule has 1 saturated carbocycles. The van der Waals surface area contributed by atoms with E-state index in [-0.39, 0.29) is 35.5 Å². The molecule has 0 bridgehead atoms. The van der Waals surface area contributed by atoms with Gasteiger partial charge >= 0.3 is 0 Å². The fourth-order valence-electron chi connectivity index (χ4n) is 6.21. The van der Waals surface area contributed by atoms with E-state index >= 15 is 0 Å². The predicted octanol–water partition coefficient (Wildman–Crippen LogP) is 6.66. The summed E-state index contributed by atoms with van der Waals surface area (Å²) in [5.41, 5.74) is 1.48. The third-order valence-electron chi connectivity index (χ3n) is 8.79. The van der Waals surface area contributed by atoms with Gasteiger partial charge in [-0.1, -0.05) is 90.6 Å². The lowest BCUT2D eigenvalue weighted by molar-refractivity contribution is -0.140.